The topological polar surface area (TPSA) is 44.1 Å². The SMILES string of the molecule is O=C(O[C@@H]1CCC[C@H]1n1cccn1)C1CCCC(C(F)(F)F)C1. The van der Waals surface area contributed by atoms with Gasteiger partial charge in [0.2, 0.25) is 0 Å². The molecule has 128 valence electrons. The van der Waals surface area contributed by atoms with Gasteiger partial charge in [-0.05, 0) is 44.6 Å². The van der Waals surface area contributed by atoms with Gasteiger partial charge in [0.05, 0.1) is 17.9 Å². The number of esters is 1. The molecule has 0 saturated heterocycles. The molecule has 2 aliphatic carbocycles. The van der Waals surface area contributed by atoms with Crippen LogP contribution >= 0.6 is 0 Å². The molecule has 0 N–H and O–H groups in total. The molecule has 1 aromatic rings. The van der Waals surface area contributed by atoms with Crippen LogP contribution in [0.3, 0.4) is 0 Å². The first-order chi connectivity index (χ1) is 10.9. The van der Waals surface area contributed by atoms with Gasteiger partial charge in [-0.25, -0.2) is 0 Å². The fraction of sp³-hybridized carbons (Fsp3) is 0.750. The van der Waals surface area contributed by atoms with Crippen molar-refractivity contribution in [2.24, 2.45) is 11.8 Å². The third-order valence-corrected chi connectivity index (χ3v) is 5.02. The monoisotopic (exact) mass is 330 g/mol. The number of aromatic nitrogens is 2. The Balaban J connectivity index is 1.60. The lowest BCUT2D eigenvalue weighted by Gasteiger charge is -2.30. The molecule has 0 aliphatic heterocycles. The zero-order valence-electron chi connectivity index (χ0n) is 12.8. The molecule has 0 bridgehead atoms. The van der Waals surface area contributed by atoms with Crippen LogP contribution < -0.4 is 0 Å². The second kappa shape index (κ2) is 6.53. The fourth-order valence-corrected chi connectivity index (χ4v) is 3.77. The maximum absolute atomic E-state index is 12.9. The Hall–Kier alpha value is -1.53. The van der Waals surface area contributed by atoms with E-state index in [1.54, 1.807) is 10.9 Å². The van der Waals surface area contributed by atoms with Crippen molar-refractivity contribution < 1.29 is 22.7 Å². The van der Waals surface area contributed by atoms with E-state index in [0.29, 0.717) is 12.8 Å². The van der Waals surface area contributed by atoms with Crippen LogP contribution in [-0.2, 0) is 9.53 Å². The Morgan fingerprint density at radius 3 is 2.65 bits per heavy atom. The highest BCUT2D eigenvalue weighted by Gasteiger charge is 2.44. The highest BCUT2D eigenvalue weighted by atomic mass is 19.4. The maximum atomic E-state index is 12.9. The molecule has 2 aliphatic rings. The minimum absolute atomic E-state index is 0.00375. The molecule has 3 rings (SSSR count). The zero-order valence-corrected chi connectivity index (χ0v) is 12.8. The van der Waals surface area contributed by atoms with Crippen molar-refractivity contribution in [3.05, 3.63) is 18.5 Å². The van der Waals surface area contributed by atoms with Gasteiger partial charge in [-0.15, -0.1) is 0 Å². The van der Waals surface area contributed by atoms with Crippen molar-refractivity contribution in [2.45, 2.75) is 63.3 Å². The molecular formula is C16H21F3N2O2. The molecule has 2 fully saturated rings. The van der Waals surface area contributed by atoms with Crippen LogP contribution in [0.1, 0.15) is 51.0 Å². The molecule has 0 aromatic carbocycles. The molecule has 4 atom stereocenters. The van der Waals surface area contributed by atoms with Gasteiger partial charge in [0.1, 0.15) is 6.10 Å². The Labute approximate surface area is 133 Å². The Morgan fingerprint density at radius 2 is 1.96 bits per heavy atom. The van der Waals surface area contributed by atoms with Gasteiger partial charge in [-0.2, -0.15) is 18.3 Å². The summed E-state index contributed by atoms with van der Waals surface area (Å²) < 4.78 is 46.0. The quantitative estimate of drug-likeness (QED) is 0.790. The molecular weight excluding hydrogens is 309 g/mol. The number of ether oxygens (including phenoxy) is 1. The van der Waals surface area contributed by atoms with E-state index >= 15 is 0 Å². The Bertz CT molecular complexity index is 530. The number of rotatable bonds is 3. The Morgan fingerprint density at radius 1 is 1.17 bits per heavy atom. The average Bonchev–Trinajstić information content (AvgIpc) is 3.17. The van der Waals surface area contributed by atoms with E-state index in [1.165, 1.54) is 0 Å². The van der Waals surface area contributed by atoms with Crippen LogP contribution in [-0.4, -0.2) is 28.0 Å². The largest absolute Gasteiger partial charge is 0.460 e. The second-order valence-electron chi connectivity index (χ2n) is 6.56. The lowest BCUT2D eigenvalue weighted by Crippen LogP contribution is -2.35. The predicted molar refractivity (Wildman–Crippen MR) is 76.5 cm³/mol. The molecule has 4 nitrogen and oxygen atoms in total. The van der Waals surface area contributed by atoms with Crippen LogP contribution in [0, 0.1) is 11.8 Å². The third-order valence-electron chi connectivity index (χ3n) is 5.02. The van der Waals surface area contributed by atoms with E-state index in [-0.39, 0.29) is 25.0 Å². The molecule has 0 amide bonds. The summed E-state index contributed by atoms with van der Waals surface area (Å²) in [6.07, 6.45) is 2.44. The van der Waals surface area contributed by atoms with Gasteiger partial charge in [-0.3, -0.25) is 9.48 Å². The van der Waals surface area contributed by atoms with Crippen molar-refractivity contribution in [1.82, 2.24) is 9.78 Å². The molecule has 0 radical (unpaired) electrons. The van der Waals surface area contributed by atoms with Crippen molar-refractivity contribution in [2.75, 3.05) is 0 Å². The van der Waals surface area contributed by atoms with Crippen molar-refractivity contribution in [1.29, 1.82) is 0 Å². The van der Waals surface area contributed by atoms with E-state index in [4.69, 9.17) is 4.74 Å². The highest BCUT2D eigenvalue weighted by molar-refractivity contribution is 5.72. The van der Waals surface area contributed by atoms with Crippen LogP contribution in [0.15, 0.2) is 18.5 Å². The van der Waals surface area contributed by atoms with Gasteiger partial charge < -0.3 is 4.74 Å². The first-order valence-corrected chi connectivity index (χ1v) is 8.21. The Kier molecular flexibility index (Phi) is 4.64. The van der Waals surface area contributed by atoms with Gasteiger partial charge >= 0.3 is 12.1 Å². The number of hydrogen-bond donors (Lipinski definition) is 0. The number of carbonyl (C=O) groups is 1. The first kappa shape index (κ1) is 16.3. The molecule has 2 saturated carbocycles. The second-order valence-corrected chi connectivity index (χ2v) is 6.56. The van der Waals surface area contributed by atoms with Gasteiger partial charge in [0.15, 0.2) is 0 Å². The molecule has 1 heterocycles. The smallest absolute Gasteiger partial charge is 0.391 e. The third kappa shape index (κ3) is 3.70. The summed E-state index contributed by atoms with van der Waals surface area (Å²) in [6.45, 7) is 0. The molecule has 23 heavy (non-hydrogen) atoms. The molecule has 2 unspecified atom stereocenters. The maximum Gasteiger partial charge on any atom is 0.391 e. The first-order valence-electron chi connectivity index (χ1n) is 8.21. The van der Waals surface area contributed by atoms with Gasteiger partial charge in [0, 0.05) is 12.4 Å². The standard InChI is InChI=1S/C16H21F3N2O2/c17-16(18,19)12-5-1-4-11(10-12)15(22)23-14-7-2-6-13(14)21-9-3-8-20-21/h3,8-9,11-14H,1-2,4-7,10H2/t11?,12?,13-,14-/m1/s1. The summed E-state index contributed by atoms with van der Waals surface area (Å²) in [6, 6.07) is 1.81. The lowest BCUT2D eigenvalue weighted by atomic mass is 9.81. The number of alkyl halides is 3. The molecule has 7 heteroatoms. The zero-order chi connectivity index (χ0) is 16.4. The van der Waals surface area contributed by atoms with E-state index < -0.39 is 24.0 Å². The van der Waals surface area contributed by atoms with Crippen molar-refractivity contribution >= 4 is 5.97 Å². The van der Waals surface area contributed by atoms with E-state index in [2.05, 4.69) is 5.10 Å². The molecule has 0 spiro atoms. The number of nitrogens with zero attached hydrogens (tertiary/aromatic N) is 2. The van der Waals surface area contributed by atoms with E-state index in [1.807, 2.05) is 12.3 Å². The summed E-state index contributed by atoms with van der Waals surface area (Å²) in [4.78, 5) is 12.3. The summed E-state index contributed by atoms with van der Waals surface area (Å²) in [5.41, 5.74) is 0. The predicted octanol–water partition coefficient (Wildman–Crippen LogP) is 3.89. The van der Waals surface area contributed by atoms with Gasteiger partial charge in [0.25, 0.3) is 0 Å². The minimum Gasteiger partial charge on any atom is -0.460 e. The van der Waals surface area contributed by atoms with Gasteiger partial charge in [-0.1, -0.05) is 6.42 Å². The number of hydrogen-bond acceptors (Lipinski definition) is 3. The minimum atomic E-state index is -4.22. The normalized spacial score (nSPS) is 32.0. The lowest BCUT2D eigenvalue weighted by molar-refractivity contribution is -0.190. The molecule has 1 aromatic heterocycles. The number of carbonyl (C=O) groups excluding carboxylic acids is 1. The highest BCUT2D eigenvalue weighted by Crippen LogP contribution is 2.41. The van der Waals surface area contributed by atoms with E-state index in [0.717, 1.165) is 19.3 Å². The van der Waals surface area contributed by atoms with Crippen LogP contribution in [0.4, 0.5) is 13.2 Å². The number of halogens is 3. The summed E-state index contributed by atoms with van der Waals surface area (Å²) >= 11 is 0. The van der Waals surface area contributed by atoms with Crippen molar-refractivity contribution in [3.63, 3.8) is 0 Å². The summed E-state index contributed by atoms with van der Waals surface area (Å²) in [7, 11) is 0. The van der Waals surface area contributed by atoms with Crippen LogP contribution in [0.2, 0.25) is 0 Å². The van der Waals surface area contributed by atoms with Crippen molar-refractivity contribution in [3.8, 4) is 0 Å². The average molecular weight is 330 g/mol. The summed E-state index contributed by atoms with van der Waals surface area (Å²) in [5.74, 6) is -2.48. The fourth-order valence-electron chi connectivity index (χ4n) is 3.77. The summed E-state index contributed by atoms with van der Waals surface area (Å²) in [5, 5.41) is 4.19. The van der Waals surface area contributed by atoms with Crippen LogP contribution in [0.5, 0.6) is 0 Å². The van der Waals surface area contributed by atoms with E-state index in [9.17, 15) is 18.0 Å². The van der Waals surface area contributed by atoms with Crippen LogP contribution in [0.25, 0.3) is 0 Å².